The molecule has 0 saturated heterocycles. The standard InChI is InChI=1S/C18H20N2O2S/c1-14-6-5-9-16(12-14)22-13-17(21)20-18(23)19-11-10-15-7-3-2-4-8-15/h2-9,12H,10-11,13H2,1H3,(H2,19,20,21,23). The number of carbonyl (C=O) groups is 1. The van der Waals surface area contributed by atoms with Crippen LogP contribution in [-0.2, 0) is 11.2 Å². The number of nitrogens with one attached hydrogen (secondary N) is 2. The number of benzene rings is 2. The van der Waals surface area contributed by atoms with Gasteiger partial charge in [-0.15, -0.1) is 0 Å². The van der Waals surface area contributed by atoms with Crippen molar-refractivity contribution in [3.63, 3.8) is 0 Å². The summed E-state index contributed by atoms with van der Waals surface area (Å²) in [5.41, 5.74) is 2.30. The van der Waals surface area contributed by atoms with Crippen molar-refractivity contribution < 1.29 is 9.53 Å². The van der Waals surface area contributed by atoms with Crippen molar-refractivity contribution in [1.29, 1.82) is 0 Å². The highest BCUT2D eigenvalue weighted by Crippen LogP contribution is 2.11. The molecule has 23 heavy (non-hydrogen) atoms. The molecule has 0 aliphatic heterocycles. The lowest BCUT2D eigenvalue weighted by molar-refractivity contribution is -0.121. The number of ether oxygens (including phenoxy) is 1. The Labute approximate surface area is 141 Å². The molecule has 0 aliphatic rings. The van der Waals surface area contributed by atoms with Crippen LogP contribution in [-0.4, -0.2) is 24.2 Å². The number of thiocarbonyl (C=S) groups is 1. The van der Waals surface area contributed by atoms with Crippen LogP contribution in [0.4, 0.5) is 0 Å². The van der Waals surface area contributed by atoms with Crippen molar-refractivity contribution in [2.75, 3.05) is 13.2 Å². The van der Waals surface area contributed by atoms with E-state index in [2.05, 4.69) is 22.8 Å². The van der Waals surface area contributed by atoms with Crippen LogP contribution >= 0.6 is 12.2 Å². The Balaban J connectivity index is 1.65. The first kappa shape index (κ1) is 17.0. The normalized spacial score (nSPS) is 9.96. The lowest BCUT2D eigenvalue weighted by Crippen LogP contribution is -2.42. The molecule has 2 rings (SSSR count). The molecule has 0 spiro atoms. The summed E-state index contributed by atoms with van der Waals surface area (Å²) in [4.78, 5) is 11.8. The molecule has 2 aromatic rings. The fourth-order valence-electron chi connectivity index (χ4n) is 2.03. The lowest BCUT2D eigenvalue weighted by atomic mass is 10.1. The molecule has 0 saturated carbocycles. The van der Waals surface area contributed by atoms with Gasteiger partial charge in [0.15, 0.2) is 11.7 Å². The Morgan fingerprint density at radius 2 is 1.91 bits per heavy atom. The van der Waals surface area contributed by atoms with Crippen LogP contribution in [0.2, 0.25) is 0 Å². The van der Waals surface area contributed by atoms with Crippen molar-refractivity contribution in [3.8, 4) is 5.75 Å². The Hall–Kier alpha value is -2.40. The summed E-state index contributed by atoms with van der Waals surface area (Å²) in [5, 5.41) is 5.94. The number of rotatable bonds is 6. The van der Waals surface area contributed by atoms with Crippen molar-refractivity contribution in [1.82, 2.24) is 10.6 Å². The van der Waals surface area contributed by atoms with Crippen LogP contribution in [0.3, 0.4) is 0 Å². The second-order valence-corrected chi connectivity index (χ2v) is 5.55. The van der Waals surface area contributed by atoms with Gasteiger partial charge in [-0.1, -0.05) is 42.5 Å². The molecule has 5 heteroatoms. The molecule has 2 aromatic carbocycles. The van der Waals surface area contributed by atoms with Crippen LogP contribution < -0.4 is 15.4 Å². The van der Waals surface area contributed by atoms with Crippen LogP contribution in [0.15, 0.2) is 54.6 Å². The fraction of sp³-hybridized carbons (Fsp3) is 0.222. The molecule has 0 heterocycles. The van der Waals surface area contributed by atoms with Gasteiger partial charge in [-0.2, -0.15) is 0 Å². The monoisotopic (exact) mass is 328 g/mol. The summed E-state index contributed by atoms with van der Waals surface area (Å²) in [6.07, 6.45) is 0.844. The molecular formula is C18H20N2O2S. The van der Waals surface area contributed by atoms with Gasteiger partial charge in [0.25, 0.3) is 5.91 Å². The largest absolute Gasteiger partial charge is 0.484 e. The van der Waals surface area contributed by atoms with Gasteiger partial charge in [-0.25, -0.2) is 0 Å². The van der Waals surface area contributed by atoms with Crippen LogP contribution in [0.25, 0.3) is 0 Å². The molecule has 0 aromatic heterocycles. The zero-order valence-corrected chi connectivity index (χ0v) is 13.9. The van der Waals surface area contributed by atoms with Crippen molar-refractivity contribution in [2.24, 2.45) is 0 Å². The van der Waals surface area contributed by atoms with E-state index in [1.807, 2.05) is 49.4 Å². The highest BCUT2D eigenvalue weighted by molar-refractivity contribution is 7.80. The summed E-state index contributed by atoms with van der Waals surface area (Å²) in [5.74, 6) is 0.395. The van der Waals surface area contributed by atoms with Crippen LogP contribution in [0.5, 0.6) is 5.75 Å². The second kappa shape index (κ2) is 8.90. The molecule has 0 aliphatic carbocycles. The molecular weight excluding hydrogens is 308 g/mol. The Bertz CT molecular complexity index is 659. The summed E-state index contributed by atoms with van der Waals surface area (Å²) < 4.78 is 5.42. The molecule has 0 bridgehead atoms. The minimum Gasteiger partial charge on any atom is -0.484 e. The summed E-state index contributed by atoms with van der Waals surface area (Å²) in [6.45, 7) is 2.57. The van der Waals surface area contributed by atoms with Crippen molar-refractivity contribution in [2.45, 2.75) is 13.3 Å². The van der Waals surface area contributed by atoms with E-state index < -0.39 is 0 Å². The number of hydrogen-bond donors (Lipinski definition) is 2. The van der Waals surface area contributed by atoms with E-state index in [-0.39, 0.29) is 12.5 Å². The van der Waals surface area contributed by atoms with E-state index in [9.17, 15) is 4.79 Å². The van der Waals surface area contributed by atoms with Gasteiger partial charge in [0.05, 0.1) is 0 Å². The highest BCUT2D eigenvalue weighted by atomic mass is 32.1. The summed E-state index contributed by atoms with van der Waals surface area (Å²) in [7, 11) is 0. The molecule has 4 nitrogen and oxygen atoms in total. The van der Waals surface area contributed by atoms with Crippen LogP contribution in [0.1, 0.15) is 11.1 Å². The van der Waals surface area contributed by atoms with E-state index >= 15 is 0 Å². The number of hydrogen-bond acceptors (Lipinski definition) is 3. The van der Waals surface area contributed by atoms with Crippen LogP contribution in [0, 0.1) is 6.92 Å². The third-order valence-corrected chi connectivity index (χ3v) is 3.40. The average molecular weight is 328 g/mol. The third-order valence-electron chi connectivity index (χ3n) is 3.15. The predicted octanol–water partition coefficient (Wildman–Crippen LogP) is 2.61. The second-order valence-electron chi connectivity index (χ2n) is 5.14. The summed E-state index contributed by atoms with van der Waals surface area (Å²) in [6, 6.07) is 17.6. The van der Waals surface area contributed by atoms with Gasteiger partial charge in [0.1, 0.15) is 5.75 Å². The van der Waals surface area contributed by atoms with E-state index in [0.29, 0.717) is 17.4 Å². The molecule has 1 amide bonds. The van der Waals surface area contributed by atoms with Crippen molar-refractivity contribution in [3.05, 3.63) is 65.7 Å². The van der Waals surface area contributed by atoms with E-state index in [1.54, 1.807) is 0 Å². The van der Waals surface area contributed by atoms with E-state index in [1.165, 1.54) is 5.56 Å². The fourth-order valence-corrected chi connectivity index (χ4v) is 2.24. The van der Waals surface area contributed by atoms with Gasteiger partial charge >= 0.3 is 0 Å². The molecule has 2 N–H and O–H groups in total. The van der Waals surface area contributed by atoms with Gasteiger partial charge < -0.3 is 15.4 Å². The first-order valence-electron chi connectivity index (χ1n) is 7.44. The zero-order valence-electron chi connectivity index (χ0n) is 13.0. The van der Waals surface area contributed by atoms with Gasteiger partial charge in [-0.3, -0.25) is 4.79 Å². The van der Waals surface area contributed by atoms with Gasteiger partial charge in [0, 0.05) is 6.54 Å². The molecule has 0 atom stereocenters. The maximum Gasteiger partial charge on any atom is 0.264 e. The first-order valence-corrected chi connectivity index (χ1v) is 7.85. The zero-order chi connectivity index (χ0) is 16.5. The van der Waals surface area contributed by atoms with E-state index in [4.69, 9.17) is 17.0 Å². The van der Waals surface area contributed by atoms with Gasteiger partial charge in [0.2, 0.25) is 0 Å². The minimum absolute atomic E-state index is 0.0655. The van der Waals surface area contributed by atoms with E-state index in [0.717, 1.165) is 12.0 Å². The Kier molecular flexibility index (Phi) is 6.56. The SMILES string of the molecule is Cc1cccc(OCC(=O)NC(=S)NCCc2ccccc2)c1. The molecule has 0 radical (unpaired) electrons. The Morgan fingerprint density at radius 1 is 1.13 bits per heavy atom. The Morgan fingerprint density at radius 3 is 2.65 bits per heavy atom. The number of carbonyl (C=O) groups excluding carboxylic acids is 1. The van der Waals surface area contributed by atoms with Crippen molar-refractivity contribution >= 4 is 23.2 Å². The quantitative estimate of drug-likeness (QED) is 0.801. The topological polar surface area (TPSA) is 50.4 Å². The number of amides is 1. The number of aryl methyl sites for hydroxylation is 1. The highest BCUT2D eigenvalue weighted by Gasteiger charge is 2.05. The molecule has 0 fully saturated rings. The average Bonchev–Trinajstić information content (AvgIpc) is 2.54. The third kappa shape index (κ3) is 6.48. The molecule has 120 valence electrons. The van der Waals surface area contributed by atoms with Gasteiger partial charge in [-0.05, 0) is 48.8 Å². The molecule has 0 unspecified atom stereocenters. The lowest BCUT2D eigenvalue weighted by Gasteiger charge is -2.10. The maximum atomic E-state index is 11.8. The summed E-state index contributed by atoms with van der Waals surface area (Å²) >= 11 is 5.10. The predicted molar refractivity (Wildman–Crippen MR) is 95.6 cm³/mol. The maximum absolute atomic E-state index is 11.8. The first-order chi connectivity index (χ1) is 11.1. The smallest absolute Gasteiger partial charge is 0.264 e. The minimum atomic E-state index is -0.274.